The number of hydrogen-bond acceptors (Lipinski definition) is 5. The molecule has 2 aromatic rings. The van der Waals surface area contributed by atoms with Crippen LogP contribution in [0.1, 0.15) is 45.3 Å². The van der Waals surface area contributed by atoms with Crippen molar-refractivity contribution in [1.82, 2.24) is 9.88 Å². The number of anilines is 1. The fraction of sp³-hybridized carbons (Fsp3) is 0.571. The summed E-state index contributed by atoms with van der Waals surface area (Å²) in [6.45, 7) is 10.5. The van der Waals surface area contributed by atoms with E-state index in [4.69, 9.17) is 16.3 Å². The Bertz CT molecular complexity index is 702. The molecule has 1 aromatic heterocycles. The van der Waals surface area contributed by atoms with Crippen LogP contribution in [0.4, 0.5) is 5.13 Å². The minimum absolute atomic E-state index is 0.0620. The summed E-state index contributed by atoms with van der Waals surface area (Å²) in [6.07, 6.45) is 4.27. The number of likely N-dealkylation sites (tertiary alicyclic amines) is 1. The fourth-order valence-electron chi connectivity index (χ4n) is 3.71. The van der Waals surface area contributed by atoms with Crippen molar-refractivity contribution in [2.45, 2.75) is 45.3 Å². The van der Waals surface area contributed by atoms with Gasteiger partial charge in [-0.05, 0) is 57.9 Å². The van der Waals surface area contributed by atoms with E-state index in [-0.39, 0.29) is 11.6 Å². The molecule has 1 aliphatic rings. The Morgan fingerprint density at radius 2 is 2.26 bits per heavy atom. The second kappa shape index (κ2) is 9.37. The van der Waals surface area contributed by atoms with Gasteiger partial charge in [0.2, 0.25) is 0 Å². The fourth-order valence-corrected chi connectivity index (χ4v) is 4.47. The smallest absolute Gasteiger partial charge is 0.182 e. The first-order valence-electron chi connectivity index (χ1n) is 9.69. The molecule has 1 aliphatic heterocycles. The van der Waals surface area contributed by atoms with Crippen LogP contribution in [0.3, 0.4) is 0 Å². The van der Waals surface area contributed by atoms with Crippen LogP contribution in [-0.2, 0) is 4.74 Å². The predicted molar refractivity (Wildman–Crippen MR) is 115 cm³/mol. The van der Waals surface area contributed by atoms with Gasteiger partial charge in [-0.2, -0.15) is 0 Å². The average Bonchev–Trinajstić information content (AvgIpc) is 3.14. The summed E-state index contributed by atoms with van der Waals surface area (Å²) >= 11 is 7.88. The molecule has 1 saturated heterocycles. The predicted octanol–water partition coefficient (Wildman–Crippen LogP) is 5.48. The van der Waals surface area contributed by atoms with Gasteiger partial charge in [0, 0.05) is 41.1 Å². The van der Waals surface area contributed by atoms with Crippen LogP contribution in [-0.4, -0.2) is 41.7 Å². The number of thiazole rings is 1. The SMILES string of the molecule is CC(C)(C)N1CCC[C@@H]([C@@H](OCCNc2nccs2)c2cccc(Cl)c2)C1. The summed E-state index contributed by atoms with van der Waals surface area (Å²) in [7, 11) is 0. The maximum atomic E-state index is 6.41. The number of nitrogens with zero attached hydrogens (tertiary/aromatic N) is 2. The highest BCUT2D eigenvalue weighted by molar-refractivity contribution is 7.13. The van der Waals surface area contributed by atoms with E-state index in [9.17, 15) is 0 Å². The van der Waals surface area contributed by atoms with E-state index in [0.29, 0.717) is 12.5 Å². The van der Waals surface area contributed by atoms with E-state index in [2.05, 4.69) is 48.1 Å². The van der Waals surface area contributed by atoms with E-state index >= 15 is 0 Å². The second-order valence-electron chi connectivity index (χ2n) is 8.13. The lowest BCUT2D eigenvalue weighted by atomic mass is 9.86. The highest BCUT2D eigenvalue weighted by atomic mass is 35.5. The standard InChI is InChI=1S/C21H30ClN3OS/c1-21(2,3)25-11-5-7-17(15-25)19(16-6-4-8-18(22)14-16)26-12-9-23-20-24-10-13-27-20/h4,6,8,10,13-14,17,19H,5,7,9,11-12,15H2,1-3H3,(H,23,24)/t17-,19+/m1/s1. The minimum atomic E-state index is 0.0620. The summed E-state index contributed by atoms with van der Waals surface area (Å²) in [5, 5.41) is 7.01. The molecule has 0 aliphatic carbocycles. The maximum absolute atomic E-state index is 6.41. The zero-order valence-electron chi connectivity index (χ0n) is 16.5. The Balaban J connectivity index is 1.67. The quantitative estimate of drug-likeness (QED) is 0.617. The zero-order valence-corrected chi connectivity index (χ0v) is 18.0. The molecule has 2 atom stereocenters. The summed E-state index contributed by atoms with van der Waals surface area (Å²) in [6, 6.07) is 8.14. The summed E-state index contributed by atoms with van der Waals surface area (Å²) < 4.78 is 6.41. The molecule has 148 valence electrons. The van der Waals surface area contributed by atoms with Crippen molar-refractivity contribution >= 4 is 28.1 Å². The third kappa shape index (κ3) is 5.92. The first-order chi connectivity index (χ1) is 12.9. The van der Waals surface area contributed by atoms with Crippen LogP contribution in [0.15, 0.2) is 35.8 Å². The van der Waals surface area contributed by atoms with Crippen molar-refractivity contribution in [2.75, 3.05) is 31.6 Å². The summed E-state index contributed by atoms with van der Waals surface area (Å²) in [4.78, 5) is 6.84. The van der Waals surface area contributed by atoms with Crippen molar-refractivity contribution in [3.8, 4) is 0 Å². The number of halogens is 1. The lowest BCUT2D eigenvalue weighted by Crippen LogP contribution is -2.48. The normalized spacial score (nSPS) is 19.8. The first kappa shape index (κ1) is 20.6. The van der Waals surface area contributed by atoms with Crippen molar-refractivity contribution in [2.24, 2.45) is 5.92 Å². The molecule has 0 unspecified atom stereocenters. The van der Waals surface area contributed by atoms with Gasteiger partial charge in [0.05, 0.1) is 12.7 Å². The van der Waals surface area contributed by atoms with Crippen molar-refractivity contribution < 1.29 is 4.74 Å². The highest BCUT2D eigenvalue weighted by Gasteiger charge is 2.33. The van der Waals surface area contributed by atoms with E-state index < -0.39 is 0 Å². The Hall–Kier alpha value is -1.14. The van der Waals surface area contributed by atoms with E-state index in [1.165, 1.54) is 18.4 Å². The van der Waals surface area contributed by atoms with Gasteiger partial charge < -0.3 is 10.1 Å². The lowest BCUT2D eigenvalue weighted by molar-refractivity contribution is -0.0280. The Kier molecular flexibility index (Phi) is 7.15. The van der Waals surface area contributed by atoms with Crippen LogP contribution < -0.4 is 5.32 Å². The molecule has 1 fully saturated rings. The maximum Gasteiger partial charge on any atom is 0.182 e. The van der Waals surface area contributed by atoms with E-state index in [0.717, 1.165) is 29.8 Å². The van der Waals surface area contributed by atoms with Gasteiger partial charge in [-0.15, -0.1) is 11.3 Å². The third-order valence-corrected chi connectivity index (χ3v) is 6.09. The number of aromatic nitrogens is 1. The number of nitrogens with one attached hydrogen (secondary N) is 1. The highest BCUT2D eigenvalue weighted by Crippen LogP contribution is 2.35. The largest absolute Gasteiger partial charge is 0.371 e. The Labute approximate surface area is 171 Å². The number of benzene rings is 1. The van der Waals surface area contributed by atoms with Gasteiger partial charge >= 0.3 is 0 Å². The molecule has 0 bridgehead atoms. The molecule has 1 aromatic carbocycles. The first-order valence-corrected chi connectivity index (χ1v) is 10.9. The molecule has 27 heavy (non-hydrogen) atoms. The van der Waals surface area contributed by atoms with Crippen LogP contribution >= 0.6 is 22.9 Å². The van der Waals surface area contributed by atoms with Crippen LogP contribution in [0.25, 0.3) is 0 Å². The van der Waals surface area contributed by atoms with Gasteiger partial charge in [0.1, 0.15) is 0 Å². The molecule has 0 spiro atoms. The molecule has 6 heteroatoms. The third-order valence-electron chi connectivity index (χ3n) is 5.12. The molecule has 0 saturated carbocycles. The number of ether oxygens (including phenoxy) is 1. The number of hydrogen-bond donors (Lipinski definition) is 1. The molecule has 3 rings (SSSR count). The molecule has 0 radical (unpaired) electrons. The van der Waals surface area contributed by atoms with Crippen LogP contribution in [0.2, 0.25) is 5.02 Å². The minimum Gasteiger partial charge on any atom is -0.371 e. The molecule has 4 nitrogen and oxygen atoms in total. The Morgan fingerprint density at radius 1 is 1.41 bits per heavy atom. The van der Waals surface area contributed by atoms with Gasteiger partial charge in [0.15, 0.2) is 5.13 Å². The molecule has 1 N–H and O–H groups in total. The van der Waals surface area contributed by atoms with Crippen LogP contribution in [0, 0.1) is 5.92 Å². The van der Waals surface area contributed by atoms with Gasteiger partial charge in [-0.1, -0.05) is 23.7 Å². The number of rotatable bonds is 7. The average molecular weight is 408 g/mol. The lowest BCUT2D eigenvalue weighted by Gasteiger charge is -2.43. The van der Waals surface area contributed by atoms with Crippen LogP contribution in [0.5, 0.6) is 0 Å². The topological polar surface area (TPSA) is 37.4 Å². The molecule has 0 amide bonds. The molecular weight excluding hydrogens is 378 g/mol. The van der Waals surface area contributed by atoms with E-state index in [1.54, 1.807) is 11.3 Å². The Morgan fingerprint density at radius 3 is 2.96 bits per heavy atom. The summed E-state index contributed by atoms with van der Waals surface area (Å²) in [5.41, 5.74) is 1.36. The van der Waals surface area contributed by atoms with E-state index in [1.807, 2.05) is 23.7 Å². The zero-order chi connectivity index (χ0) is 19.3. The number of piperidine rings is 1. The van der Waals surface area contributed by atoms with Crippen molar-refractivity contribution in [3.05, 3.63) is 46.4 Å². The van der Waals surface area contributed by atoms with Gasteiger partial charge in [-0.3, -0.25) is 4.90 Å². The molecule has 2 heterocycles. The van der Waals surface area contributed by atoms with Crippen molar-refractivity contribution in [3.63, 3.8) is 0 Å². The summed E-state index contributed by atoms with van der Waals surface area (Å²) in [5.74, 6) is 0.469. The van der Waals surface area contributed by atoms with Gasteiger partial charge in [-0.25, -0.2) is 4.98 Å². The second-order valence-corrected chi connectivity index (χ2v) is 9.46. The van der Waals surface area contributed by atoms with Crippen molar-refractivity contribution in [1.29, 1.82) is 0 Å². The van der Waals surface area contributed by atoms with Gasteiger partial charge in [0.25, 0.3) is 0 Å². The molecular formula is C21H30ClN3OS. The monoisotopic (exact) mass is 407 g/mol.